The molecule has 1 aliphatic rings. The highest BCUT2D eigenvalue weighted by molar-refractivity contribution is 5.97. The molecule has 0 aliphatic carbocycles. The first-order valence-corrected chi connectivity index (χ1v) is 12.7. The van der Waals surface area contributed by atoms with Crippen molar-refractivity contribution in [3.8, 4) is 22.4 Å². The van der Waals surface area contributed by atoms with E-state index in [4.69, 9.17) is 9.15 Å². The maximum Gasteiger partial charge on any atom is 0.409 e. The summed E-state index contributed by atoms with van der Waals surface area (Å²) in [6, 6.07) is 13.5. The number of aromatic nitrogens is 1. The number of pyridine rings is 1. The average molecular weight is 535 g/mol. The maximum atomic E-state index is 13.4. The molecule has 1 saturated heterocycles. The number of aliphatic carboxylic acids is 1. The van der Waals surface area contributed by atoms with Gasteiger partial charge in [0.25, 0.3) is 5.91 Å². The molecule has 11 nitrogen and oxygen atoms in total. The molecule has 3 amide bonds. The summed E-state index contributed by atoms with van der Waals surface area (Å²) in [4.78, 5) is 57.7. The fourth-order valence-corrected chi connectivity index (χ4v) is 4.30. The summed E-state index contributed by atoms with van der Waals surface area (Å²) in [5.74, 6) is -2.10. The molecule has 1 aromatic carbocycles. The first kappa shape index (κ1) is 27.4. The molecule has 1 aliphatic heterocycles. The van der Waals surface area contributed by atoms with E-state index in [0.29, 0.717) is 11.3 Å². The topological polar surface area (TPSA) is 142 Å². The smallest absolute Gasteiger partial charge is 0.409 e. The Labute approximate surface area is 225 Å². The zero-order valence-electron chi connectivity index (χ0n) is 21.5. The quantitative estimate of drug-likeness (QED) is 0.426. The standard InChI is InChI=1S/C28H30N4O7/c1-2-39-28(37)32-13-11-31(12-14-32)27(36)22(8-9-25(33)34)30-26(35)24-17-21(20-10-15-38-18-20)16-23(29-24)19-6-4-3-5-7-19/h3-7,10,15-18,22H,2,8-9,11-14H2,1H3,(H,30,35)(H,33,34). The second-order valence-electron chi connectivity index (χ2n) is 8.97. The molecule has 0 radical (unpaired) electrons. The van der Waals surface area contributed by atoms with Gasteiger partial charge in [0, 0.05) is 43.7 Å². The fourth-order valence-electron chi connectivity index (χ4n) is 4.30. The number of carboxylic acids is 1. The van der Waals surface area contributed by atoms with Crippen molar-refractivity contribution < 1.29 is 33.4 Å². The Morgan fingerprint density at radius 2 is 1.72 bits per heavy atom. The monoisotopic (exact) mass is 534 g/mol. The van der Waals surface area contributed by atoms with Crippen LogP contribution in [-0.2, 0) is 14.3 Å². The van der Waals surface area contributed by atoms with Crippen LogP contribution in [-0.4, -0.2) is 82.6 Å². The number of carboxylic acid groups (broad SMARTS) is 1. The average Bonchev–Trinajstić information content (AvgIpc) is 3.50. The van der Waals surface area contributed by atoms with Crippen LogP contribution >= 0.6 is 0 Å². The van der Waals surface area contributed by atoms with Crippen molar-refractivity contribution in [3.05, 3.63) is 66.8 Å². The minimum absolute atomic E-state index is 0.0767. The number of benzene rings is 1. The number of carbonyl (C=O) groups excluding carboxylic acids is 3. The molecule has 3 aromatic rings. The van der Waals surface area contributed by atoms with E-state index in [1.807, 2.05) is 36.4 Å². The van der Waals surface area contributed by atoms with Crippen LogP contribution in [0.5, 0.6) is 0 Å². The van der Waals surface area contributed by atoms with Crippen molar-refractivity contribution in [2.24, 2.45) is 0 Å². The van der Waals surface area contributed by atoms with Crippen molar-refractivity contribution in [3.63, 3.8) is 0 Å². The van der Waals surface area contributed by atoms with Crippen LogP contribution in [0.4, 0.5) is 4.79 Å². The van der Waals surface area contributed by atoms with Gasteiger partial charge in [-0.1, -0.05) is 30.3 Å². The Morgan fingerprint density at radius 3 is 2.36 bits per heavy atom. The van der Waals surface area contributed by atoms with Crippen LogP contribution in [0.15, 0.2) is 65.5 Å². The Bertz CT molecular complexity index is 1300. The third kappa shape index (κ3) is 7.01. The predicted molar refractivity (Wildman–Crippen MR) is 141 cm³/mol. The Hall–Kier alpha value is -4.67. The second kappa shape index (κ2) is 12.7. The minimum Gasteiger partial charge on any atom is -0.481 e. The van der Waals surface area contributed by atoms with Crippen molar-refractivity contribution in [1.29, 1.82) is 0 Å². The number of carbonyl (C=O) groups is 4. The molecular formula is C28H30N4O7. The fraction of sp³-hybridized carbons (Fsp3) is 0.321. The number of piperazine rings is 1. The summed E-state index contributed by atoms with van der Waals surface area (Å²) in [6.07, 6.45) is 2.24. The number of nitrogens with one attached hydrogen (secondary N) is 1. The largest absolute Gasteiger partial charge is 0.481 e. The van der Waals surface area contributed by atoms with Crippen molar-refractivity contribution in [2.45, 2.75) is 25.8 Å². The van der Waals surface area contributed by atoms with E-state index in [1.54, 1.807) is 25.3 Å². The SMILES string of the molecule is CCOC(=O)N1CCN(C(=O)C(CCC(=O)O)NC(=O)c2cc(-c3ccoc3)cc(-c3ccccc3)n2)CC1. The van der Waals surface area contributed by atoms with Crippen molar-refractivity contribution in [1.82, 2.24) is 20.1 Å². The summed E-state index contributed by atoms with van der Waals surface area (Å²) in [6.45, 7) is 3.00. The number of nitrogens with zero attached hydrogens (tertiary/aromatic N) is 3. The molecule has 11 heteroatoms. The van der Waals surface area contributed by atoms with E-state index in [0.717, 1.165) is 11.1 Å². The van der Waals surface area contributed by atoms with Crippen molar-refractivity contribution >= 4 is 23.9 Å². The first-order chi connectivity index (χ1) is 18.9. The Balaban J connectivity index is 1.55. The van der Waals surface area contributed by atoms with Gasteiger partial charge in [0.2, 0.25) is 5.91 Å². The zero-order chi connectivity index (χ0) is 27.8. The maximum absolute atomic E-state index is 13.4. The molecule has 2 aromatic heterocycles. The molecule has 0 bridgehead atoms. The molecule has 1 unspecified atom stereocenters. The first-order valence-electron chi connectivity index (χ1n) is 12.7. The van der Waals surface area contributed by atoms with Gasteiger partial charge in [0.1, 0.15) is 11.7 Å². The molecule has 0 spiro atoms. The van der Waals surface area contributed by atoms with Gasteiger partial charge in [0.05, 0.1) is 24.8 Å². The molecule has 1 fully saturated rings. The summed E-state index contributed by atoms with van der Waals surface area (Å²) in [7, 11) is 0. The summed E-state index contributed by atoms with van der Waals surface area (Å²) in [5, 5.41) is 11.9. The number of ether oxygens (including phenoxy) is 1. The van der Waals surface area contributed by atoms with Gasteiger partial charge in [-0.2, -0.15) is 0 Å². The molecule has 0 saturated carbocycles. The highest BCUT2D eigenvalue weighted by atomic mass is 16.6. The van der Waals surface area contributed by atoms with E-state index in [2.05, 4.69) is 10.3 Å². The van der Waals surface area contributed by atoms with Gasteiger partial charge in [-0.05, 0) is 37.1 Å². The lowest BCUT2D eigenvalue weighted by atomic mass is 10.0. The second-order valence-corrected chi connectivity index (χ2v) is 8.97. The number of furan rings is 1. The van der Waals surface area contributed by atoms with Gasteiger partial charge in [-0.15, -0.1) is 0 Å². The molecule has 204 valence electrons. The lowest BCUT2D eigenvalue weighted by Crippen LogP contribution is -2.56. The molecule has 2 N–H and O–H groups in total. The van der Waals surface area contributed by atoms with E-state index in [1.165, 1.54) is 16.1 Å². The Morgan fingerprint density at radius 1 is 1.00 bits per heavy atom. The minimum atomic E-state index is -1.08. The molecular weight excluding hydrogens is 504 g/mol. The number of amides is 3. The van der Waals surface area contributed by atoms with Gasteiger partial charge >= 0.3 is 12.1 Å². The molecule has 3 heterocycles. The van der Waals surface area contributed by atoms with Crippen molar-refractivity contribution in [2.75, 3.05) is 32.8 Å². The molecule has 4 rings (SSSR count). The van der Waals surface area contributed by atoms with E-state index in [9.17, 15) is 24.3 Å². The number of rotatable bonds is 9. The Kier molecular flexibility index (Phi) is 8.93. The number of hydrogen-bond donors (Lipinski definition) is 2. The van der Waals surface area contributed by atoms with Crippen LogP contribution in [0.3, 0.4) is 0 Å². The van der Waals surface area contributed by atoms with Crippen LogP contribution in [0.25, 0.3) is 22.4 Å². The lowest BCUT2D eigenvalue weighted by molar-refractivity contribution is -0.138. The predicted octanol–water partition coefficient (Wildman–Crippen LogP) is 3.27. The summed E-state index contributed by atoms with van der Waals surface area (Å²) < 4.78 is 10.2. The van der Waals surface area contributed by atoms with E-state index in [-0.39, 0.29) is 51.3 Å². The summed E-state index contributed by atoms with van der Waals surface area (Å²) >= 11 is 0. The van der Waals surface area contributed by atoms with Crippen LogP contribution < -0.4 is 5.32 Å². The normalized spacial score (nSPS) is 14.0. The van der Waals surface area contributed by atoms with Crippen LogP contribution in [0.2, 0.25) is 0 Å². The number of hydrogen-bond acceptors (Lipinski definition) is 7. The third-order valence-corrected chi connectivity index (χ3v) is 6.35. The van der Waals surface area contributed by atoms with Gasteiger partial charge < -0.3 is 29.4 Å². The van der Waals surface area contributed by atoms with Crippen LogP contribution in [0, 0.1) is 0 Å². The van der Waals surface area contributed by atoms with Gasteiger partial charge in [-0.3, -0.25) is 14.4 Å². The molecule has 39 heavy (non-hydrogen) atoms. The van der Waals surface area contributed by atoms with Gasteiger partial charge in [0.15, 0.2) is 0 Å². The highest BCUT2D eigenvalue weighted by Crippen LogP contribution is 2.26. The molecule has 1 atom stereocenters. The summed E-state index contributed by atoms with van der Waals surface area (Å²) in [5.41, 5.74) is 2.89. The van der Waals surface area contributed by atoms with E-state index >= 15 is 0 Å². The van der Waals surface area contributed by atoms with E-state index < -0.39 is 29.9 Å². The highest BCUT2D eigenvalue weighted by Gasteiger charge is 2.31. The van der Waals surface area contributed by atoms with Gasteiger partial charge in [-0.25, -0.2) is 9.78 Å². The zero-order valence-corrected chi connectivity index (χ0v) is 21.5. The third-order valence-electron chi connectivity index (χ3n) is 6.35. The van der Waals surface area contributed by atoms with Crippen LogP contribution in [0.1, 0.15) is 30.3 Å². The lowest BCUT2D eigenvalue weighted by Gasteiger charge is -2.35.